The van der Waals surface area contributed by atoms with Gasteiger partial charge in [0.1, 0.15) is 0 Å². The third-order valence-corrected chi connectivity index (χ3v) is 4.26. The van der Waals surface area contributed by atoms with Gasteiger partial charge >= 0.3 is 0 Å². The molecule has 1 N–H and O–H groups in total. The Hall–Kier alpha value is -2.30. The number of nitrogens with zero attached hydrogens (tertiary/aromatic N) is 1. The van der Waals surface area contributed by atoms with Crippen LogP contribution in [-0.2, 0) is 0 Å². The Morgan fingerprint density at radius 3 is 2.29 bits per heavy atom. The minimum atomic E-state index is 0.403. The van der Waals surface area contributed by atoms with Crippen molar-refractivity contribution in [3.8, 4) is 5.75 Å². The highest BCUT2D eigenvalue weighted by Crippen LogP contribution is 2.25. The first-order chi connectivity index (χ1) is 11.6. The number of aliphatic imine (C=N–C) groups is 1. The lowest BCUT2D eigenvalue weighted by atomic mass is 10.1. The maximum Gasteiger partial charge on any atom is 0.165 e. The van der Waals surface area contributed by atoms with Crippen molar-refractivity contribution in [2.75, 3.05) is 0 Å². The van der Waals surface area contributed by atoms with Gasteiger partial charge in [-0.15, -0.1) is 0 Å². The second-order valence-electron chi connectivity index (χ2n) is 5.22. The fourth-order valence-electron chi connectivity index (χ4n) is 2.02. The number of hydrogen-bond acceptors (Lipinski definition) is 4. The van der Waals surface area contributed by atoms with Crippen LogP contribution < -0.4 is 4.89 Å². The Morgan fingerprint density at radius 1 is 1.04 bits per heavy atom. The lowest BCUT2D eigenvalue weighted by Crippen LogP contribution is -1.90. The molecule has 0 aliphatic rings. The van der Waals surface area contributed by atoms with E-state index in [1.807, 2.05) is 63.3 Å². The summed E-state index contributed by atoms with van der Waals surface area (Å²) in [6.07, 6.45) is 4.09. The van der Waals surface area contributed by atoms with Crippen molar-refractivity contribution < 1.29 is 10.1 Å². The molecule has 0 fully saturated rings. The summed E-state index contributed by atoms with van der Waals surface area (Å²) in [6, 6.07) is 17.4. The Bertz CT molecular complexity index is 747. The topological polar surface area (TPSA) is 41.8 Å². The van der Waals surface area contributed by atoms with Crippen LogP contribution in [0.25, 0.3) is 5.70 Å². The molecule has 0 saturated carbocycles. The van der Waals surface area contributed by atoms with E-state index in [2.05, 4.69) is 17.0 Å². The lowest BCUT2D eigenvalue weighted by Gasteiger charge is -2.07. The Kier molecular flexibility index (Phi) is 6.85. The van der Waals surface area contributed by atoms with E-state index in [9.17, 15) is 0 Å². The summed E-state index contributed by atoms with van der Waals surface area (Å²) < 4.78 is 0. The minimum absolute atomic E-state index is 0.403. The van der Waals surface area contributed by atoms with Gasteiger partial charge in [-0.25, -0.2) is 10.2 Å². The highest BCUT2D eigenvalue weighted by atomic mass is 32.2. The van der Waals surface area contributed by atoms with Crippen molar-refractivity contribution in [3.63, 3.8) is 0 Å². The van der Waals surface area contributed by atoms with Crippen molar-refractivity contribution in [2.45, 2.75) is 25.7 Å². The van der Waals surface area contributed by atoms with E-state index < -0.39 is 0 Å². The van der Waals surface area contributed by atoms with Gasteiger partial charge in [-0.2, -0.15) is 0 Å². The molecule has 4 heteroatoms. The van der Waals surface area contributed by atoms with Crippen LogP contribution in [0.15, 0.2) is 82.2 Å². The van der Waals surface area contributed by atoms with Crippen LogP contribution in [0.5, 0.6) is 5.75 Å². The Balaban J connectivity index is 2.32. The average molecular weight is 339 g/mol. The summed E-state index contributed by atoms with van der Waals surface area (Å²) in [5.41, 5.74) is 2.97. The minimum Gasteiger partial charge on any atom is -0.340 e. The van der Waals surface area contributed by atoms with E-state index in [0.717, 1.165) is 26.8 Å². The number of benzene rings is 2. The van der Waals surface area contributed by atoms with Gasteiger partial charge in [-0.1, -0.05) is 41.6 Å². The molecule has 0 aliphatic carbocycles. The molecule has 2 rings (SSSR count). The quantitative estimate of drug-likeness (QED) is 0.180. The van der Waals surface area contributed by atoms with E-state index in [1.54, 1.807) is 23.9 Å². The highest BCUT2D eigenvalue weighted by Gasteiger charge is 2.04. The maximum atomic E-state index is 8.71. The van der Waals surface area contributed by atoms with Crippen molar-refractivity contribution in [3.05, 3.63) is 77.9 Å². The number of thioether (sulfide) groups is 1. The predicted octanol–water partition coefficient (Wildman–Crippen LogP) is 6.06. The van der Waals surface area contributed by atoms with Crippen LogP contribution in [0.2, 0.25) is 0 Å². The van der Waals surface area contributed by atoms with Crippen LogP contribution >= 0.6 is 11.8 Å². The second-order valence-corrected chi connectivity index (χ2v) is 6.49. The van der Waals surface area contributed by atoms with Crippen molar-refractivity contribution in [2.24, 2.45) is 4.99 Å². The largest absolute Gasteiger partial charge is 0.340 e. The van der Waals surface area contributed by atoms with Crippen LogP contribution in [0.1, 0.15) is 26.3 Å². The molecule has 0 heterocycles. The monoisotopic (exact) mass is 339 g/mol. The summed E-state index contributed by atoms with van der Waals surface area (Å²) in [5, 5.41) is 9.66. The van der Waals surface area contributed by atoms with Crippen molar-refractivity contribution in [1.82, 2.24) is 0 Å². The third kappa shape index (κ3) is 5.41. The second kappa shape index (κ2) is 9.11. The number of hydrogen-bond donors (Lipinski definition) is 1. The summed E-state index contributed by atoms with van der Waals surface area (Å²) in [7, 11) is 0. The van der Waals surface area contributed by atoms with E-state index in [-0.39, 0.29) is 0 Å². The molecular formula is C20H21NO2S. The van der Waals surface area contributed by atoms with Crippen LogP contribution in [0.4, 0.5) is 0 Å². The molecule has 0 atom stereocenters. The van der Waals surface area contributed by atoms with Crippen molar-refractivity contribution in [1.29, 1.82) is 0 Å². The molecule has 0 aliphatic heterocycles. The molecule has 3 nitrogen and oxygen atoms in total. The predicted molar refractivity (Wildman–Crippen MR) is 103 cm³/mol. The maximum absolute atomic E-state index is 8.71. The molecule has 24 heavy (non-hydrogen) atoms. The first-order valence-corrected chi connectivity index (χ1v) is 8.48. The smallest absolute Gasteiger partial charge is 0.165 e. The molecular weight excluding hydrogens is 318 g/mol. The standard InChI is InChI=1S/C20H21NO2S/c1-4-15(2)14-20(17-10-12-18(23-22)13-11-17)21-16(3)24-19-8-6-5-7-9-19/h4-14,22H,1-3H3/b15-4-,20-14-,21-16?. The first-order valence-electron chi connectivity index (χ1n) is 7.67. The SMILES string of the molecule is C/C=C(C)\C=C(/N=C(C)Sc1ccccc1)c1ccc(OO)cc1. The number of allylic oxidation sites excluding steroid dienone is 3. The van der Waals surface area contributed by atoms with E-state index in [4.69, 9.17) is 10.2 Å². The fourth-order valence-corrected chi connectivity index (χ4v) is 2.80. The van der Waals surface area contributed by atoms with Gasteiger partial charge < -0.3 is 4.89 Å². The molecule has 0 amide bonds. The van der Waals surface area contributed by atoms with Gasteiger partial charge in [-0.05, 0) is 63.2 Å². The Morgan fingerprint density at radius 2 is 1.71 bits per heavy atom. The molecule has 0 unspecified atom stereocenters. The normalized spacial score (nSPS) is 13.1. The fraction of sp³-hybridized carbons (Fsp3) is 0.150. The lowest BCUT2D eigenvalue weighted by molar-refractivity contribution is -0.137. The highest BCUT2D eigenvalue weighted by molar-refractivity contribution is 8.13. The number of rotatable bonds is 5. The van der Waals surface area contributed by atoms with Crippen LogP contribution in [0.3, 0.4) is 0 Å². The third-order valence-electron chi connectivity index (χ3n) is 3.36. The van der Waals surface area contributed by atoms with E-state index in [1.165, 1.54) is 0 Å². The molecule has 124 valence electrons. The van der Waals surface area contributed by atoms with Gasteiger partial charge in [0.15, 0.2) is 5.75 Å². The molecule has 0 aromatic heterocycles. The van der Waals surface area contributed by atoms with Gasteiger partial charge in [0.05, 0.1) is 10.7 Å². The average Bonchev–Trinajstić information content (AvgIpc) is 2.62. The van der Waals surface area contributed by atoms with E-state index >= 15 is 0 Å². The molecule has 0 radical (unpaired) electrons. The summed E-state index contributed by atoms with van der Waals surface area (Å²) in [5.74, 6) is 0.403. The van der Waals surface area contributed by atoms with Crippen LogP contribution in [0, 0.1) is 0 Å². The molecule has 0 spiro atoms. The Labute approximate surface area is 147 Å². The van der Waals surface area contributed by atoms with Gasteiger partial charge in [0.2, 0.25) is 0 Å². The first kappa shape index (κ1) is 18.0. The molecule has 2 aromatic rings. The van der Waals surface area contributed by atoms with Crippen LogP contribution in [-0.4, -0.2) is 10.3 Å². The molecule has 0 saturated heterocycles. The molecule has 2 aromatic carbocycles. The zero-order valence-electron chi connectivity index (χ0n) is 14.1. The summed E-state index contributed by atoms with van der Waals surface area (Å²) >= 11 is 1.63. The van der Waals surface area contributed by atoms with Gasteiger partial charge in [0, 0.05) is 10.5 Å². The summed E-state index contributed by atoms with van der Waals surface area (Å²) in [4.78, 5) is 10.2. The van der Waals surface area contributed by atoms with Gasteiger partial charge in [-0.3, -0.25) is 0 Å². The van der Waals surface area contributed by atoms with E-state index in [0.29, 0.717) is 5.75 Å². The van der Waals surface area contributed by atoms with Crippen molar-refractivity contribution >= 4 is 22.5 Å². The molecule has 0 bridgehead atoms. The summed E-state index contributed by atoms with van der Waals surface area (Å²) in [6.45, 7) is 6.05. The zero-order valence-corrected chi connectivity index (χ0v) is 14.9. The zero-order chi connectivity index (χ0) is 17.4. The van der Waals surface area contributed by atoms with Gasteiger partial charge in [0.25, 0.3) is 0 Å².